The van der Waals surface area contributed by atoms with Gasteiger partial charge in [0.1, 0.15) is 5.39 Å². The van der Waals surface area contributed by atoms with E-state index in [1.807, 2.05) is 0 Å². The molecule has 2 heterocycles. The van der Waals surface area contributed by atoms with E-state index in [0.717, 1.165) is 12.0 Å². The highest BCUT2D eigenvalue weighted by molar-refractivity contribution is 5.80. The van der Waals surface area contributed by atoms with Crippen LogP contribution in [0.25, 0.3) is 11.0 Å². The molecular formula is C12H17N5O. The van der Waals surface area contributed by atoms with Crippen LogP contribution in [-0.2, 0) is 0 Å². The van der Waals surface area contributed by atoms with Crippen molar-refractivity contribution in [2.45, 2.75) is 25.7 Å². The minimum Gasteiger partial charge on any atom is -0.477 e. The predicted octanol–water partition coefficient (Wildman–Crippen LogP) is 1.96. The fourth-order valence-electron chi connectivity index (χ4n) is 2.40. The summed E-state index contributed by atoms with van der Waals surface area (Å²) in [6, 6.07) is 0. The molecule has 6 nitrogen and oxygen atoms in total. The van der Waals surface area contributed by atoms with Gasteiger partial charge in [-0.05, 0) is 18.8 Å². The van der Waals surface area contributed by atoms with Crippen LogP contribution in [0.1, 0.15) is 25.7 Å². The zero-order valence-corrected chi connectivity index (χ0v) is 10.4. The number of aromatic nitrogens is 4. The quantitative estimate of drug-likeness (QED) is 0.863. The van der Waals surface area contributed by atoms with Crippen molar-refractivity contribution in [3.63, 3.8) is 0 Å². The maximum atomic E-state index is 5.85. The molecule has 2 N–H and O–H groups in total. The maximum absolute atomic E-state index is 5.85. The van der Waals surface area contributed by atoms with Gasteiger partial charge in [-0.3, -0.25) is 5.10 Å². The third-order valence-corrected chi connectivity index (χ3v) is 3.43. The molecule has 0 bridgehead atoms. The Labute approximate surface area is 105 Å². The summed E-state index contributed by atoms with van der Waals surface area (Å²) in [7, 11) is 1.79. The first-order chi connectivity index (χ1) is 8.86. The monoisotopic (exact) mass is 247 g/mol. The average Bonchev–Trinajstić information content (AvgIpc) is 3.06. The Bertz CT molecular complexity index is 532. The molecule has 1 fully saturated rings. The van der Waals surface area contributed by atoms with Crippen molar-refractivity contribution in [2.75, 3.05) is 19.0 Å². The zero-order chi connectivity index (χ0) is 12.4. The highest BCUT2D eigenvalue weighted by atomic mass is 16.5. The van der Waals surface area contributed by atoms with Crippen molar-refractivity contribution in [1.29, 1.82) is 0 Å². The van der Waals surface area contributed by atoms with Crippen molar-refractivity contribution in [3.8, 4) is 5.88 Å². The summed E-state index contributed by atoms with van der Waals surface area (Å²) < 4.78 is 5.85. The molecule has 0 aromatic carbocycles. The fourth-order valence-corrected chi connectivity index (χ4v) is 2.40. The molecule has 0 spiro atoms. The number of ether oxygens (including phenoxy) is 1. The Morgan fingerprint density at radius 1 is 1.39 bits per heavy atom. The molecule has 3 rings (SSSR count). The number of hydrogen-bond donors (Lipinski definition) is 2. The van der Waals surface area contributed by atoms with Gasteiger partial charge in [0.15, 0.2) is 5.65 Å². The third-order valence-electron chi connectivity index (χ3n) is 3.43. The Morgan fingerprint density at radius 3 is 3.00 bits per heavy atom. The topological polar surface area (TPSA) is 75.7 Å². The third kappa shape index (κ3) is 2.10. The van der Waals surface area contributed by atoms with E-state index in [9.17, 15) is 0 Å². The molecular weight excluding hydrogens is 230 g/mol. The van der Waals surface area contributed by atoms with E-state index in [1.54, 1.807) is 13.2 Å². The van der Waals surface area contributed by atoms with Crippen molar-refractivity contribution in [3.05, 3.63) is 6.20 Å². The lowest BCUT2D eigenvalue weighted by molar-refractivity contribution is 0.246. The normalized spacial score (nSPS) is 16.3. The Balaban J connectivity index is 1.82. The number of fused-ring (bicyclic) bond motifs is 1. The summed E-state index contributed by atoms with van der Waals surface area (Å²) in [5, 5.41) is 10.6. The van der Waals surface area contributed by atoms with Crippen LogP contribution < -0.4 is 10.1 Å². The van der Waals surface area contributed by atoms with E-state index >= 15 is 0 Å². The van der Waals surface area contributed by atoms with E-state index in [2.05, 4.69) is 25.5 Å². The maximum Gasteiger partial charge on any atom is 0.229 e. The second-order valence-electron chi connectivity index (χ2n) is 4.70. The number of anilines is 1. The highest BCUT2D eigenvalue weighted by Gasteiger charge is 2.17. The zero-order valence-electron chi connectivity index (χ0n) is 10.4. The Kier molecular flexibility index (Phi) is 3.00. The largest absolute Gasteiger partial charge is 0.477 e. The summed E-state index contributed by atoms with van der Waals surface area (Å²) in [6.07, 6.45) is 6.87. The summed E-state index contributed by atoms with van der Waals surface area (Å²) in [5.41, 5.74) is 0.704. The van der Waals surface area contributed by atoms with E-state index in [1.165, 1.54) is 25.7 Å². The van der Waals surface area contributed by atoms with Gasteiger partial charge in [-0.25, -0.2) is 0 Å². The van der Waals surface area contributed by atoms with Crippen molar-refractivity contribution in [2.24, 2.45) is 5.92 Å². The molecule has 0 aliphatic heterocycles. The van der Waals surface area contributed by atoms with Gasteiger partial charge in [0.05, 0.1) is 12.8 Å². The van der Waals surface area contributed by atoms with Crippen LogP contribution in [0.5, 0.6) is 5.88 Å². The van der Waals surface area contributed by atoms with Gasteiger partial charge in [-0.2, -0.15) is 15.1 Å². The SMILES string of the molecule is CNc1nc(OCC2CCCC2)c2cn[nH]c2n1. The van der Waals surface area contributed by atoms with E-state index < -0.39 is 0 Å². The first kappa shape index (κ1) is 11.3. The minimum absolute atomic E-state index is 0.549. The summed E-state index contributed by atoms with van der Waals surface area (Å²) in [5.74, 6) is 1.83. The van der Waals surface area contributed by atoms with Crippen molar-refractivity contribution >= 4 is 17.0 Å². The van der Waals surface area contributed by atoms with E-state index in [4.69, 9.17) is 4.74 Å². The standard InChI is InChI=1S/C12H17N5O/c1-13-12-15-10-9(6-14-17-10)11(16-12)18-7-8-4-2-3-5-8/h6,8H,2-5,7H2,1H3,(H2,13,14,15,16,17). The molecule has 96 valence electrons. The summed E-state index contributed by atoms with van der Waals surface area (Å²) in [6.45, 7) is 0.737. The van der Waals surface area contributed by atoms with Gasteiger partial charge < -0.3 is 10.1 Å². The molecule has 0 atom stereocenters. The molecule has 0 radical (unpaired) electrons. The Hall–Kier alpha value is -1.85. The fraction of sp³-hybridized carbons (Fsp3) is 0.583. The van der Waals surface area contributed by atoms with Crippen LogP contribution in [0.15, 0.2) is 6.20 Å². The molecule has 2 aromatic heterocycles. The van der Waals surface area contributed by atoms with Gasteiger partial charge >= 0.3 is 0 Å². The molecule has 1 aliphatic rings. The van der Waals surface area contributed by atoms with Crippen molar-refractivity contribution < 1.29 is 4.74 Å². The molecule has 1 aliphatic carbocycles. The molecule has 0 unspecified atom stereocenters. The molecule has 0 amide bonds. The second kappa shape index (κ2) is 4.80. The van der Waals surface area contributed by atoms with Crippen LogP contribution in [0.4, 0.5) is 5.95 Å². The van der Waals surface area contributed by atoms with Crippen LogP contribution in [0.3, 0.4) is 0 Å². The first-order valence-corrected chi connectivity index (χ1v) is 6.38. The number of nitrogens with zero attached hydrogens (tertiary/aromatic N) is 3. The number of aromatic amines is 1. The van der Waals surface area contributed by atoms with Gasteiger partial charge in [0.25, 0.3) is 0 Å². The van der Waals surface area contributed by atoms with Crippen LogP contribution >= 0.6 is 0 Å². The van der Waals surface area contributed by atoms with Gasteiger partial charge in [-0.15, -0.1) is 0 Å². The number of H-pyrrole nitrogens is 1. The smallest absolute Gasteiger partial charge is 0.229 e. The molecule has 2 aromatic rings. The lowest BCUT2D eigenvalue weighted by atomic mass is 10.1. The lowest BCUT2D eigenvalue weighted by Gasteiger charge is -2.11. The number of nitrogens with one attached hydrogen (secondary N) is 2. The van der Waals surface area contributed by atoms with Crippen LogP contribution in [-0.4, -0.2) is 33.8 Å². The van der Waals surface area contributed by atoms with Gasteiger partial charge in [0.2, 0.25) is 11.8 Å². The van der Waals surface area contributed by atoms with Crippen LogP contribution in [0, 0.1) is 5.92 Å². The van der Waals surface area contributed by atoms with Crippen molar-refractivity contribution in [1.82, 2.24) is 20.2 Å². The first-order valence-electron chi connectivity index (χ1n) is 6.38. The van der Waals surface area contributed by atoms with Crippen LogP contribution in [0.2, 0.25) is 0 Å². The highest BCUT2D eigenvalue weighted by Crippen LogP contribution is 2.27. The minimum atomic E-state index is 0.549. The molecule has 0 saturated heterocycles. The van der Waals surface area contributed by atoms with E-state index in [-0.39, 0.29) is 0 Å². The predicted molar refractivity (Wildman–Crippen MR) is 68.7 cm³/mol. The van der Waals surface area contributed by atoms with Gasteiger partial charge in [-0.1, -0.05) is 12.8 Å². The van der Waals surface area contributed by atoms with Gasteiger partial charge in [0, 0.05) is 7.05 Å². The summed E-state index contributed by atoms with van der Waals surface area (Å²) >= 11 is 0. The summed E-state index contributed by atoms with van der Waals surface area (Å²) in [4.78, 5) is 8.62. The average molecular weight is 247 g/mol. The number of rotatable bonds is 4. The molecule has 1 saturated carbocycles. The Morgan fingerprint density at radius 2 is 2.22 bits per heavy atom. The molecule has 18 heavy (non-hydrogen) atoms. The number of hydrogen-bond acceptors (Lipinski definition) is 5. The lowest BCUT2D eigenvalue weighted by Crippen LogP contribution is -2.10. The second-order valence-corrected chi connectivity index (χ2v) is 4.70. The molecule has 6 heteroatoms. The van der Waals surface area contributed by atoms with E-state index in [0.29, 0.717) is 23.4 Å².